The molecule has 7 nitrogen and oxygen atoms in total. The second-order valence-electron chi connectivity index (χ2n) is 4.66. The van der Waals surface area contributed by atoms with Crippen LogP contribution in [0.4, 0.5) is 5.69 Å². The predicted molar refractivity (Wildman–Crippen MR) is 76.5 cm³/mol. The Bertz CT molecular complexity index is 708. The SMILES string of the molecule is CC(CC(=O)O)c1ccc(NS(=O)(=O)c2cn[nH]c2)cc1. The maximum Gasteiger partial charge on any atom is 0.303 e. The molecule has 0 saturated carbocycles. The molecule has 0 fully saturated rings. The highest BCUT2D eigenvalue weighted by Crippen LogP contribution is 2.22. The number of carboxylic acids is 1. The Morgan fingerprint density at radius 2 is 2.05 bits per heavy atom. The number of nitrogens with one attached hydrogen (secondary N) is 2. The largest absolute Gasteiger partial charge is 0.481 e. The molecule has 0 aliphatic carbocycles. The maximum atomic E-state index is 12.0. The molecule has 8 heteroatoms. The van der Waals surface area contributed by atoms with Crippen molar-refractivity contribution in [2.24, 2.45) is 0 Å². The molecule has 0 bridgehead atoms. The number of carbonyl (C=O) groups is 1. The molecular weight excluding hydrogens is 294 g/mol. The molecular formula is C13H15N3O4S. The first kappa shape index (κ1) is 15.0. The molecule has 1 unspecified atom stereocenters. The Morgan fingerprint density at radius 3 is 2.57 bits per heavy atom. The molecule has 1 heterocycles. The molecule has 0 spiro atoms. The number of H-pyrrole nitrogens is 1. The summed E-state index contributed by atoms with van der Waals surface area (Å²) in [6.45, 7) is 1.80. The van der Waals surface area contributed by atoms with Crippen molar-refractivity contribution < 1.29 is 18.3 Å². The summed E-state index contributed by atoms with van der Waals surface area (Å²) >= 11 is 0. The van der Waals surface area contributed by atoms with Crippen molar-refractivity contribution in [1.29, 1.82) is 0 Å². The zero-order valence-corrected chi connectivity index (χ0v) is 12.1. The van der Waals surface area contributed by atoms with Crippen LogP contribution in [0, 0.1) is 0 Å². The molecule has 0 aliphatic heterocycles. The summed E-state index contributed by atoms with van der Waals surface area (Å²) < 4.78 is 26.4. The minimum Gasteiger partial charge on any atom is -0.481 e. The summed E-state index contributed by atoms with van der Waals surface area (Å²) in [4.78, 5) is 10.7. The highest BCUT2D eigenvalue weighted by molar-refractivity contribution is 7.92. The molecule has 1 atom stereocenters. The van der Waals surface area contributed by atoms with Gasteiger partial charge in [0.1, 0.15) is 4.90 Å². The molecule has 0 amide bonds. The monoisotopic (exact) mass is 309 g/mol. The van der Waals surface area contributed by atoms with Gasteiger partial charge in [0.05, 0.1) is 12.6 Å². The molecule has 112 valence electrons. The van der Waals surface area contributed by atoms with E-state index in [9.17, 15) is 13.2 Å². The van der Waals surface area contributed by atoms with Crippen molar-refractivity contribution in [3.05, 3.63) is 42.2 Å². The van der Waals surface area contributed by atoms with Crippen molar-refractivity contribution in [1.82, 2.24) is 10.2 Å². The second-order valence-corrected chi connectivity index (χ2v) is 6.34. The Balaban J connectivity index is 2.11. The molecule has 0 aliphatic rings. The van der Waals surface area contributed by atoms with Crippen LogP contribution in [0.25, 0.3) is 0 Å². The van der Waals surface area contributed by atoms with Gasteiger partial charge in [-0.2, -0.15) is 5.10 Å². The molecule has 0 saturated heterocycles. The van der Waals surface area contributed by atoms with Gasteiger partial charge in [-0.3, -0.25) is 14.6 Å². The van der Waals surface area contributed by atoms with E-state index < -0.39 is 16.0 Å². The van der Waals surface area contributed by atoms with Gasteiger partial charge in [-0.1, -0.05) is 19.1 Å². The predicted octanol–water partition coefficient (Wildman–Crippen LogP) is 1.79. The van der Waals surface area contributed by atoms with Gasteiger partial charge in [0.15, 0.2) is 0 Å². The summed E-state index contributed by atoms with van der Waals surface area (Å²) in [5, 5.41) is 14.8. The van der Waals surface area contributed by atoms with Crippen LogP contribution in [-0.2, 0) is 14.8 Å². The Morgan fingerprint density at radius 1 is 1.38 bits per heavy atom. The summed E-state index contributed by atoms with van der Waals surface area (Å²) in [7, 11) is -3.66. The number of rotatable bonds is 6. The van der Waals surface area contributed by atoms with E-state index in [1.807, 2.05) is 0 Å². The molecule has 0 radical (unpaired) electrons. The molecule has 3 N–H and O–H groups in total. The van der Waals surface area contributed by atoms with Crippen LogP contribution in [0.2, 0.25) is 0 Å². The number of benzene rings is 1. The Kier molecular flexibility index (Phi) is 4.27. The fourth-order valence-electron chi connectivity index (χ4n) is 1.86. The number of anilines is 1. The van der Waals surface area contributed by atoms with Crippen molar-refractivity contribution >= 4 is 21.7 Å². The molecule has 1 aromatic carbocycles. The lowest BCUT2D eigenvalue weighted by Crippen LogP contribution is -2.12. The number of hydrogen-bond donors (Lipinski definition) is 3. The average molecular weight is 309 g/mol. The van der Waals surface area contributed by atoms with E-state index >= 15 is 0 Å². The van der Waals surface area contributed by atoms with Gasteiger partial charge in [0.25, 0.3) is 10.0 Å². The van der Waals surface area contributed by atoms with Gasteiger partial charge in [-0.05, 0) is 23.6 Å². The fourth-order valence-corrected chi connectivity index (χ4v) is 2.82. The van der Waals surface area contributed by atoms with Crippen LogP contribution in [0.15, 0.2) is 41.6 Å². The van der Waals surface area contributed by atoms with Gasteiger partial charge in [0, 0.05) is 11.9 Å². The smallest absolute Gasteiger partial charge is 0.303 e. The van der Waals surface area contributed by atoms with Crippen LogP contribution in [0.1, 0.15) is 24.8 Å². The van der Waals surface area contributed by atoms with Crippen molar-refractivity contribution in [3.8, 4) is 0 Å². The summed E-state index contributed by atoms with van der Waals surface area (Å²) in [5.74, 6) is -1.01. The summed E-state index contributed by atoms with van der Waals surface area (Å²) in [6, 6.07) is 6.62. The van der Waals surface area contributed by atoms with Crippen LogP contribution < -0.4 is 4.72 Å². The van der Waals surface area contributed by atoms with E-state index in [4.69, 9.17) is 5.11 Å². The van der Waals surface area contributed by atoms with Crippen LogP contribution in [0.3, 0.4) is 0 Å². The van der Waals surface area contributed by atoms with E-state index in [-0.39, 0.29) is 17.2 Å². The third-order valence-corrected chi connectivity index (χ3v) is 4.34. The van der Waals surface area contributed by atoms with Gasteiger partial charge in [-0.15, -0.1) is 0 Å². The zero-order chi connectivity index (χ0) is 15.5. The quantitative estimate of drug-likeness (QED) is 0.753. The lowest BCUT2D eigenvalue weighted by molar-refractivity contribution is -0.137. The second kappa shape index (κ2) is 5.96. The summed E-state index contributed by atoms with van der Waals surface area (Å²) in [6.07, 6.45) is 2.53. The van der Waals surface area contributed by atoms with Gasteiger partial charge >= 0.3 is 5.97 Å². The first-order chi connectivity index (χ1) is 9.88. The lowest BCUT2D eigenvalue weighted by atomic mass is 9.98. The van der Waals surface area contributed by atoms with Crippen LogP contribution in [-0.4, -0.2) is 29.7 Å². The Labute approximate surface area is 122 Å². The zero-order valence-electron chi connectivity index (χ0n) is 11.3. The third-order valence-electron chi connectivity index (χ3n) is 3.00. The minimum atomic E-state index is -3.66. The highest BCUT2D eigenvalue weighted by Gasteiger charge is 2.15. The molecule has 1 aromatic heterocycles. The average Bonchev–Trinajstić information content (AvgIpc) is 2.93. The highest BCUT2D eigenvalue weighted by atomic mass is 32.2. The third kappa shape index (κ3) is 3.82. The number of carboxylic acid groups (broad SMARTS) is 1. The summed E-state index contributed by atoms with van der Waals surface area (Å²) in [5.41, 5.74) is 1.24. The number of aliphatic carboxylic acids is 1. The van der Waals surface area contributed by atoms with Gasteiger partial charge in [0.2, 0.25) is 0 Å². The molecule has 2 rings (SSSR count). The molecule has 2 aromatic rings. The fraction of sp³-hybridized carbons (Fsp3) is 0.231. The first-order valence-electron chi connectivity index (χ1n) is 6.22. The number of aromatic nitrogens is 2. The van der Waals surface area contributed by atoms with E-state index in [0.717, 1.165) is 5.56 Å². The standard InChI is InChI=1S/C13H15N3O4S/c1-9(6-13(17)18)10-2-4-11(5-3-10)16-21(19,20)12-7-14-15-8-12/h2-5,7-9,16H,6H2,1H3,(H,14,15)(H,17,18). The minimum absolute atomic E-state index is 0.0279. The maximum absolute atomic E-state index is 12.0. The van der Waals surface area contributed by atoms with E-state index in [0.29, 0.717) is 5.69 Å². The normalized spacial score (nSPS) is 12.8. The topological polar surface area (TPSA) is 112 Å². The van der Waals surface area contributed by atoms with E-state index in [1.54, 1.807) is 31.2 Å². The Hall–Kier alpha value is -2.35. The van der Waals surface area contributed by atoms with Crippen LogP contribution >= 0.6 is 0 Å². The van der Waals surface area contributed by atoms with Gasteiger partial charge < -0.3 is 5.11 Å². The van der Waals surface area contributed by atoms with E-state index in [2.05, 4.69) is 14.9 Å². The number of sulfonamides is 1. The van der Waals surface area contributed by atoms with Crippen LogP contribution in [0.5, 0.6) is 0 Å². The van der Waals surface area contributed by atoms with Crippen molar-refractivity contribution in [2.45, 2.75) is 24.2 Å². The number of hydrogen-bond acceptors (Lipinski definition) is 4. The van der Waals surface area contributed by atoms with Crippen molar-refractivity contribution in [3.63, 3.8) is 0 Å². The molecule has 21 heavy (non-hydrogen) atoms. The van der Waals surface area contributed by atoms with Crippen molar-refractivity contribution in [2.75, 3.05) is 4.72 Å². The number of nitrogens with zero attached hydrogens (tertiary/aromatic N) is 1. The number of aromatic amines is 1. The van der Waals surface area contributed by atoms with Gasteiger partial charge in [-0.25, -0.2) is 8.42 Å². The lowest BCUT2D eigenvalue weighted by Gasteiger charge is -2.11. The first-order valence-corrected chi connectivity index (χ1v) is 7.70. The van der Waals surface area contributed by atoms with E-state index in [1.165, 1.54) is 12.4 Å².